The molecule has 0 heterocycles. The van der Waals surface area contributed by atoms with Crippen molar-refractivity contribution in [1.82, 2.24) is 0 Å². The highest BCUT2D eigenvalue weighted by molar-refractivity contribution is 9.10. The minimum atomic E-state index is -0.591. The summed E-state index contributed by atoms with van der Waals surface area (Å²) >= 11 is 60.8. The van der Waals surface area contributed by atoms with Gasteiger partial charge in [0.05, 0.1) is 76.3 Å². The highest BCUT2D eigenvalue weighted by atomic mass is 79.9. The molecule has 0 atom stereocenters. The lowest BCUT2D eigenvalue weighted by Crippen LogP contribution is -2.21. The zero-order valence-corrected chi connectivity index (χ0v) is 45.6. The molecule has 0 saturated carbocycles. The maximum Gasteiger partial charge on any atom is 0.211 e. The summed E-state index contributed by atoms with van der Waals surface area (Å²) in [6.45, 7) is 0. The Kier molecular flexibility index (Phi) is 30.7. The second-order valence-corrected chi connectivity index (χ2v) is 17.3. The molecule has 5 aromatic rings. The fourth-order valence-electron chi connectivity index (χ4n) is 3.95. The van der Waals surface area contributed by atoms with Crippen molar-refractivity contribution < 1.29 is 8.78 Å². The van der Waals surface area contributed by atoms with E-state index in [1.807, 2.05) is 12.1 Å². The molecule has 0 aliphatic rings. The standard InChI is InChI=1S/C8H8BrClN4.2C8H7Cl3N4.C8H7Cl2FN4.C8H8ClFN4/c9-7-5(2-1-3-6(7)10)4-13-14-8(11)12;9-5-1-4(3-14-15-8(12)13)7(11)6(10)2-5;9-5-2-1-4(6(10)7(5)11)3-14-15-8(12)13;9-5-2-6(10)7(11)1-4(5)3-14-15-8(12)13;9-6-2-1-5(3-7(6)10)4-13-14-8(11)12/h1-4H,(H4,11,12,14);3*1-3H,(H4,12,13,15);1-4H,(H4,11,12,14)/b13-4+;3*14-3+;13-4+. The number of hydrogen-bond acceptors (Lipinski definition) is 10. The predicted molar refractivity (Wildman–Crippen MR) is 307 cm³/mol. The number of rotatable bonds is 10. The van der Waals surface area contributed by atoms with E-state index in [2.05, 4.69) is 66.9 Å². The van der Waals surface area contributed by atoms with Crippen LogP contribution >= 0.6 is 132 Å². The van der Waals surface area contributed by atoms with Crippen LogP contribution in [0.15, 0.2) is 128 Å². The highest BCUT2D eigenvalue weighted by Crippen LogP contribution is 2.32. The summed E-state index contributed by atoms with van der Waals surface area (Å²) < 4.78 is 26.7. The second kappa shape index (κ2) is 34.5. The largest absolute Gasteiger partial charge is 0.369 e. The van der Waals surface area contributed by atoms with Gasteiger partial charge in [-0.2, -0.15) is 25.5 Å². The zero-order valence-electron chi connectivity index (χ0n) is 36.5. The number of guanidine groups is 5. The van der Waals surface area contributed by atoms with Gasteiger partial charge in [0, 0.05) is 31.7 Å². The predicted octanol–water partition coefficient (Wildman–Crippen LogP) is 9.04. The van der Waals surface area contributed by atoms with Crippen molar-refractivity contribution in [3.63, 3.8) is 0 Å². The second-order valence-electron chi connectivity index (χ2n) is 12.5. The topological polar surface area (TPSA) is 384 Å². The number of hydrogen-bond donors (Lipinski definition) is 10. The van der Waals surface area contributed by atoms with Gasteiger partial charge in [0.25, 0.3) is 0 Å². The third-order valence-electron chi connectivity index (χ3n) is 6.91. The van der Waals surface area contributed by atoms with Gasteiger partial charge in [0.2, 0.25) is 29.8 Å². The first-order chi connectivity index (χ1) is 34.2. The van der Waals surface area contributed by atoms with Gasteiger partial charge >= 0.3 is 0 Å². The molecule has 0 saturated heterocycles. The molecule has 20 N–H and O–H groups in total. The smallest absolute Gasteiger partial charge is 0.211 e. The van der Waals surface area contributed by atoms with Crippen molar-refractivity contribution in [3.05, 3.63) is 167 Å². The molecule has 0 radical (unpaired) electrons. The molecule has 33 heteroatoms. The molecule has 5 rings (SSSR count). The van der Waals surface area contributed by atoms with E-state index in [4.69, 9.17) is 173 Å². The van der Waals surface area contributed by atoms with Crippen LogP contribution in [0.2, 0.25) is 50.2 Å². The van der Waals surface area contributed by atoms with Crippen molar-refractivity contribution >= 4 is 193 Å². The SMILES string of the molecule is NC(N)=N/N=C/c1cc(Cl)cc(Cl)c1Cl.NC(N)=N/N=C/c1cc(F)c(Cl)cc1Cl.NC(N)=N/N=C/c1ccc(Cl)c(Cl)c1Cl.NC(N)=N/N=C/c1ccc(Cl)c(F)c1.NC(N)=N/N=C/c1cccc(Cl)c1Br. The molecule has 5 aromatic carbocycles. The molecule has 0 aliphatic carbocycles. The van der Waals surface area contributed by atoms with Gasteiger partial charge in [-0.1, -0.05) is 140 Å². The number of nitrogens with zero attached hydrogens (tertiary/aromatic N) is 10. The van der Waals surface area contributed by atoms with Crippen LogP contribution in [0.4, 0.5) is 8.78 Å². The van der Waals surface area contributed by atoms with E-state index in [0.29, 0.717) is 52.4 Å². The van der Waals surface area contributed by atoms with Gasteiger partial charge in [-0.3, -0.25) is 0 Å². The molecule has 20 nitrogen and oxygen atoms in total. The van der Waals surface area contributed by atoms with Crippen molar-refractivity contribution in [1.29, 1.82) is 0 Å². The van der Waals surface area contributed by atoms with Crippen LogP contribution in [0, 0.1) is 11.6 Å². The van der Waals surface area contributed by atoms with Crippen molar-refractivity contribution in [3.8, 4) is 0 Å². The minimum Gasteiger partial charge on any atom is -0.369 e. The molecule has 0 aliphatic heterocycles. The fraction of sp³-hybridized carbons (Fsp3) is 0. The van der Waals surface area contributed by atoms with Crippen molar-refractivity contribution in [2.24, 2.45) is 108 Å². The number of nitrogens with two attached hydrogens (primary N) is 10. The summed E-state index contributed by atoms with van der Waals surface area (Å²) in [6.07, 6.45) is 6.79. The van der Waals surface area contributed by atoms with Gasteiger partial charge in [-0.15, -0.1) is 25.5 Å². The van der Waals surface area contributed by atoms with E-state index < -0.39 is 11.6 Å². The van der Waals surface area contributed by atoms with Crippen LogP contribution in [-0.2, 0) is 0 Å². The van der Waals surface area contributed by atoms with Gasteiger partial charge < -0.3 is 57.3 Å². The lowest BCUT2D eigenvalue weighted by atomic mass is 10.2. The molecule has 0 spiro atoms. The Labute approximate surface area is 473 Å². The Balaban J connectivity index is 0.000000456. The third-order valence-corrected chi connectivity index (χ3v) is 11.6. The first-order valence-electron chi connectivity index (χ1n) is 18.6. The average Bonchev–Trinajstić information content (AvgIpc) is 3.30. The van der Waals surface area contributed by atoms with E-state index in [1.165, 1.54) is 55.3 Å². The average molecular weight is 1270 g/mol. The Hall–Kier alpha value is -5.96. The van der Waals surface area contributed by atoms with E-state index in [1.54, 1.807) is 30.3 Å². The summed E-state index contributed by atoms with van der Waals surface area (Å²) in [5.74, 6) is -1.82. The summed E-state index contributed by atoms with van der Waals surface area (Å²) in [6, 6.07) is 18.5. The Morgan fingerprint density at radius 3 is 1.33 bits per heavy atom. The van der Waals surface area contributed by atoms with Gasteiger partial charge in [-0.05, 0) is 70.0 Å². The van der Waals surface area contributed by atoms with Gasteiger partial charge in [0.1, 0.15) is 11.6 Å². The number of halogens is 13. The Morgan fingerprint density at radius 2 is 0.822 bits per heavy atom. The van der Waals surface area contributed by atoms with Crippen LogP contribution in [0.1, 0.15) is 27.8 Å². The zero-order chi connectivity index (χ0) is 55.4. The molecule has 0 amide bonds. The lowest BCUT2D eigenvalue weighted by molar-refractivity contribution is 0.627. The van der Waals surface area contributed by atoms with Crippen LogP contribution in [-0.4, -0.2) is 60.9 Å². The molecular formula is C40H37BrCl10F2N20. The van der Waals surface area contributed by atoms with Crippen LogP contribution in [0.25, 0.3) is 0 Å². The molecule has 0 aromatic heterocycles. The third kappa shape index (κ3) is 27.1. The van der Waals surface area contributed by atoms with E-state index in [-0.39, 0.29) is 49.9 Å². The summed E-state index contributed by atoms with van der Waals surface area (Å²) in [5.41, 5.74) is 53.5. The van der Waals surface area contributed by atoms with E-state index in [0.717, 1.165) is 16.1 Å². The van der Waals surface area contributed by atoms with Crippen molar-refractivity contribution in [2.75, 3.05) is 0 Å². The molecule has 0 fully saturated rings. The van der Waals surface area contributed by atoms with Crippen LogP contribution < -0.4 is 57.3 Å². The Bertz CT molecular complexity index is 2940. The molecule has 0 unspecified atom stereocenters. The van der Waals surface area contributed by atoms with Gasteiger partial charge in [0.15, 0.2) is 0 Å². The minimum absolute atomic E-state index is 0.0565. The first kappa shape index (κ1) is 65.1. The Morgan fingerprint density at radius 1 is 0.370 bits per heavy atom. The van der Waals surface area contributed by atoms with Crippen LogP contribution in [0.3, 0.4) is 0 Å². The molecule has 388 valence electrons. The quantitative estimate of drug-likeness (QED) is 0.0208. The maximum absolute atomic E-state index is 13.0. The fourth-order valence-corrected chi connectivity index (χ4v) is 6.31. The lowest BCUT2D eigenvalue weighted by Gasteiger charge is -2.01. The maximum atomic E-state index is 13.0. The summed E-state index contributed by atoms with van der Waals surface area (Å²) in [5, 5.41) is 37.8. The number of benzene rings is 5. The molecule has 73 heavy (non-hydrogen) atoms. The van der Waals surface area contributed by atoms with Crippen LogP contribution in [0.5, 0.6) is 0 Å². The van der Waals surface area contributed by atoms with E-state index >= 15 is 0 Å². The normalized spacial score (nSPS) is 10.5. The summed E-state index contributed by atoms with van der Waals surface area (Å²) in [7, 11) is 0. The van der Waals surface area contributed by atoms with Crippen molar-refractivity contribution in [2.45, 2.75) is 0 Å². The molecule has 0 bridgehead atoms. The first-order valence-corrected chi connectivity index (χ1v) is 23.2. The molecular weight excluding hydrogens is 1230 g/mol. The highest BCUT2D eigenvalue weighted by Gasteiger charge is 2.08. The van der Waals surface area contributed by atoms with Gasteiger partial charge in [-0.25, -0.2) is 8.78 Å². The van der Waals surface area contributed by atoms with E-state index in [9.17, 15) is 8.78 Å². The summed E-state index contributed by atoms with van der Waals surface area (Å²) in [4.78, 5) is 0. The monoisotopic (exact) mass is 1260 g/mol.